The van der Waals surface area contributed by atoms with E-state index in [4.69, 9.17) is 4.74 Å². The van der Waals surface area contributed by atoms with E-state index in [9.17, 15) is 4.79 Å². The van der Waals surface area contributed by atoms with Crippen LogP contribution in [0, 0.1) is 0 Å². The van der Waals surface area contributed by atoms with Crippen LogP contribution >= 0.6 is 15.9 Å². The number of nitrogens with zero attached hydrogens (tertiary/aromatic N) is 2. The predicted molar refractivity (Wildman–Crippen MR) is 66.5 cm³/mol. The van der Waals surface area contributed by atoms with Gasteiger partial charge in [0.1, 0.15) is 10.3 Å². The lowest BCUT2D eigenvalue weighted by Gasteiger charge is -2.05. The Morgan fingerprint density at radius 1 is 1.41 bits per heavy atom. The molecule has 2 aromatic rings. The summed E-state index contributed by atoms with van der Waals surface area (Å²) < 4.78 is 5.40. The second-order valence-corrected chi connectivity index (χ2v) is 4.14. The molecule has 88 valence electrons. The number of halogens is 1. The summed E-state index contributed by atoms with van der Waals surface area (Å²) in [7, 11) is 1.56. The van der Waals surface area contributed by atoms with Crippen LogP contribution in [0.1, 0.15) is 5.69 Å². The van der Waals surface area contributed by atoms with Crippen molar-refractivity contribution in [1.82, 2.24) is 15.0 Å². The SMILES string of the molecule is COCc1nc(-c2ccncc2)[nH]c(=O)c1Br. The average molecular weight is 296 g/mol. The first-order chi connectivity index (χ1) is 8.22. The number of pyridine rings is 1. The summed E-state index contributed by atoms with van der Waals surface area (Å²) in [5.74, 6) is 0.507. The molecule has 0 saturated heterocycles. The number of hydrogen-bond acceptors (Lipinski definition) is 4. The van der Waals surface area contributed by atoms with Crippen LogP contribution < -0.4 is 5.56 Å². The lowest BCUT2D eigenvalue weighted by molar-refractivity contribution is 0.180. The molecule has 0 fully saturated rings. The lowest BCUT2D eigenvalue weighted by atomic mass is 10.2. The zero-order valence-electron chi connectivity index (χ0n) is 9.11. The summed E-state index contributed by atoms with van der Waals surface area (Å²) in [6.07, 6.45) is 3.29. The minimum atomic E-state index is -0.223. The zero-order chi connectivity index (χ0) is 12.3. The van der Waals surface area contributed by atoms with E-state index in [-0.39, 0.29) is 12.2 Å². The number of H-pyrrole nitrogens is 1. The van der Waals surface area contributed by atoms with Gasteiger partial charge in [0, 0.05) is 25.1 Å². The molecule has 2 rings (SSSR count). The predicted octanol–water partition coefficient (Wildman–Crippen LogP) is 1.74. The maximum Gasteiger partial charge on any atom is 0.265 e. The van der Waals surface area contributed by atoms with Crippen molar-refractivity contribution in [2.24, 2.45) is 0 Å². The Balaban J connectivity index is 2.53. The maximum absolute atomic E-state index is 11.7. The summed E-state index contributed by atoms with van der Waals surface area (Å²) in [5, 5.41) is 0. The number of aromatic nitrogens is 3. The van der Waals surface area contributed by atoms with Crippen molar-refractivity contribution in [3.8, 4) is 11.4 Å². The van der Waals surface area contributed by atoms with Crippen LogP contribution in [0.25, 0.3) is 11.4 Å². The van der Waals surface area contributed by atoms with E-state index in [0.717, 1.165) is 5.56 Å². The van der Waals surface area contributed by atoms with Crippen molar-refractivity contribution in [2.45, 2.75) is 6.61 Å². The van der Waals surface area contributed by atoms with Gasteiger partial charge in [-0.1, -0.05) is 0 Å². The third kappa shape index (κ3) is 2.59. The second kappa shape index (κ2) is 5.20. The molecule has 0 bridgehead atoms. The molecule has 1 N–H and O–H groups in total. The molecule has 2 heterocycles. The highest BCUT2D eigenvalue weighted by molar-refractivity contribution is 9.10. The lowest BCUT2D eigenvalue weighted by Crippen LogP contribution is -2.14. The minimum Gasteiger partial charge on any atom is -0.378 e. The molecule has 0 aliphatic carbocycles. The fourth-order valence-corrected chi connectivity index (χ4v) is 1.69. The standard InChI is InChI=1S/C11H10BrN3O2/c1-17-6-8-9(12)11(16)15-10(14-8)7-2-4-13-5-3-7/h2-5H,6H2,1H3,(H,14,15,16). The Bertz CT molecular complexity index is 569. The van der Waals surface area contributed by atoms with Gasteiger partial charge in [0.2, 0.25) is 0 Å². The van der Waals surface area contributed by atoms with E-state index in [2.05, 4.69) is 30.9 Å². The van der Waals surface area contributed by atoms with Gasteiger partial charge in [-0.05, 0) is 28.1 Å². The zero-order valence-corrected chi connectivity index (χ0v) is 10.7. The quantitative estimate of drug-likeness (QED) is 0.936. The molecule has 0 aliphatic heterocycles. The van der Waals surface area contributed by atoms with Gasteiger partial charge in [0.05, 0.1) is 12.3 Å². The molecule has 0 aromatic carbocycles. The van der Waals surface area contributed by atoms with Crippen molar-refractivity contribution in [3.63, 3.8) is 0 Å². The Morgan fingerprint density at radius 2 is 2.12 bits per heavy atom. The summed E-state index contributed by atoms with van der Waals surface area (Å²) in [5.41, 5.74) is 1.16. The van der Waals surface area contributed by atoms with Gasteiger partial charge in [0.15, 0.2) is 0 Å². The molecular weight excluding hydrogens is 286 g/mol. The number of rotatable bonds is 3. The van der Waals surface area contributed by atoms with Crippen molar-refractivity contribution >= 4 is 15.9 Å². The maximum atomic E-state index is 11.7. The van der Waals surface area contributed by atoms with Gasteiger partial charge in [-0.25, -0.2) is 4.98 Å². The molecule has 0 amide bonds. The van der Waals surface area contributed by atoms with Gasteiger partial charge < -0.3 is 9.72 Å². The summed E-state index contributed by atoms with van der Waals surface area (Å²) in [4.78, 5) is 22.6. The number of methoxy groups -OCH3 is 1. The third-order valence-electron chi connectivity index (χ3n) is 2.17. The van der Waals surface area contributed by atoms with E-state index in [1.165, 1.54) is 0 Å². The Morgan fingerprint density at radius 3 is 2.76 bits per heavy atom. The average Bonchev–Trinajstić information content (AvgIpc) is 2.36. The van der Waals surface area contributed by atoms with Crippen LogP contribution in [0.5, 0.6) is 0 Å². The molecule has 0 spiro atoms. The van der Waals surface area contributed by atoms with Crippen LogP contribution in [0.15, 0.2) is 33.8 Å². The minimum absolute atomic E-state index is 0.223. The molecule has 0 atom stereocenters. The smallest absolute Gasteiger partial charge is 0.265 e. The fourth-order valence-electron chi connectivity index (χ4n) is 1.38. The second-order valence-electron chi connectivity index (χ2n) is 3.34. The van der Waals surface area contributed by atoms with Gasteiger partial charge in [-0.3, -0.25) is 9.78 Å². The Labute approximate surface area is 106 Å². The first-order valence-electron chi connectivity index (χ1n) is 4.90. The number of aromatic amines is 1. The Hall–Kier alpha value is -1.53. The Kier molecular flexibility index (Phi) is 3.65. The molecule has 0 saturated carbocycles. The number of nitrogens with one attached hydrogen (secondary N) is 1. The summed E-state index contributed by atoms with van der Waals surface area (Å²) in [6, 6.07) is 3.56. The van der Waals surface area contributed by atoms with Crippen LogP contribution in [0.3, 0.4) is 0 Å². The van der Waals surface area contributed by atoms with Crippen molar-refractivity contribution in [3.05, 3.63) is 45.0 Å². The van der Waals surface area contributed by atoms with Crippen LogP contribution in [-0.2, 0) is 11.3 Å². The highest BCUT2D eigenvalue weighted by Crippen LogP contribution is 2.16. The van der Waals surface area contributed by atoms with Crippen LogP contribution in [0.2, 0.25) is 0 Å². The largest absolute Gasteiger partial charge is 0.378 e. The number of ether oxygens (including phenoxy) is 1. The monoisotopic (exact) mass is 295 g/mol. The normalized spacial score (nSPS) is 10.5. The van der Waals surface area contributed by atoms with Crippen molar-refractivity contribution in [2.75, 3.05) is 7.11 Å². The first kappa shape index (κ1) is 11.9. The summed E-state index contributed by atoms with van der Waals surface area (Å²) in [6.45, 7) is 0.280. The molecule has 0 radical (unpaired) electrons. The molecule has 5 nitrogen and oxygen atoms in total. The topological polar surface area (TPSA) is 67.9 Å². The van der Waals surface area contributed by atoms with Crippen LogP contribution in [-0.4, -0.2) is 22.1 Å². The van der Waals surface area contributed by atoms with Crippen molar-refractivity contribution in [1.29, 1.82) is 0 Å². The van der Waals surface area contributed by atoms with Gasteiger partial charge >= 0.3 is 0 Å². The molecule has 2 aromatic heterocycles. The third-order valence-corrected chi connectivity index (χ3v) is 2.98. The van der Waals surface area contributed by atoms with E-state index in [1.807, 2.05) is 0 Å². The fraction of sp³-hybridized carbons (Fsp3) is 0.182. The summed E-state index contributed by atoms with van der Waals surface area (Å²) >= 11 is 3.19. The van der Waals surface area contributed by atoms with E-state index >= 15 is 0 Å². The molecule has 6 heteroatoms. The molecule has 0 unspecified atom stereocenters. The first-order valence-corrected chi connectivity index (χ1v) is 5.69. The van der Waals surface area contributed by atoms with Gasteiger partial charge in [-0.15, -0.1) is 0 Å². The highest BCUT2D eigenvalue weighted by Gasteiger charge is 2.09. The van der Waals surface area contributed by atoms with Crippen molar-refractivity contribution < 1.29 is 4.74 Å². The molecular formula is C11H10BrN3O2. The molecule has 0 aliphatic rings. The van der Waals surface area contributed by atoms with E-state index < -0.39 is 0 Å². The van der Waals surface area contributed by atoms with E-state index in [1.54, 1.807) is 31.6 Å². The molecule has 17 heavy (non-hydrogen) atoms. The van der Waals surface area contributed by atoms with Gasteiger partial charge in [-0.2, -0.15) is 0 Å². The highest BCUT2D eigenvalue weighted by atomic mass is 79.9. The number of hydrogen-bond donors (Lipinski definition) is 1. The van der Waals surface area contributed by atoms with Crippen LogP contribution in [0.4, 0.5) is 0 Å². The van der Waals surface area contributed by atoms with Gasteiger partial charge in [0.25, 0.3) is 5.56 Å². The van der Waals surface area contributed by atoms with E-state index in [0.29, 0.717) is 16.0 Å².